The maximum Gasteiger partial charge on any atom is 0.264 e. The third-order valence-electron chi connectivity index (χ3n) is 3.64. The highest BCUT2D eigenvalue weighted by atomic mass is 32.2. The van der Waals surface area contributed by atoms with Crippen LogP contribution in [0.2, 0.25) is 0 Å². The van der Waals surface area contributed by atoms with Crippen molar-refractivity contribution in [2.24, 2.45) is 0 Å². The maximum absolute atomic E-state index is 12.6. The second kappa shape index (κ2) is 5.41. The molecule has 112 valence electrons. The first kappa shape index (κ1) is 15.4. The second-order valence-electron chi connectivity index (χ2n) is 5.35. The lowest BCUT2D eigenvalue weighted by atomic mass is 10.1. The minimum Gasteiger partial charge on any atom is -0.397 e. The van der Waals surface area contributed by atoms with E-state index in [9.17, 15) is 8.42 Å². The van der Waals surface area contributed by atoms with E-state index in [0.29, 0.717) is 16.9 Å². The maximum atomic E-state index is 12.6. The molecule has 0 unspecified atom stereocenters. The summed E-state index contributed by atoms with van der Waals surface area (Å²) < 4.78 is 27.8. The van der Waals surface area contributed by atoms with E-state index >= 15 is 0 Å². The van der Waals surface area contributed by atoms with E-state index in [1.165, 1.54) is 0 Å². The zero-order valence-corrected chi connectivity index (χ0v) is 13.5. The zero-order chi connectivity index (χ0) is 15.8. The Morgan fingerprint density at radius 3 is 2.05 bits per heavy atom. The Morgan fingerprint density at radius 2 is 1.43 bits per heavy atom. The largest absolute Gasteiger partial charge is 0.397 e. The molecule has 0 saturated carbocycles. The Labute approximate surface area is 126 Å². The van der Waals surface area contributed by atoms with E-state index in [2.05, 4.69) is 4.72 Å². The van der Waals surface area contributed by atoms with Gasteiger partial charge in [0.15, 0.2) is 0 Å². The molecule has 2 aromatic carbocycles. The lowest BCUT2D eigenvalue weighted by molar-refractivity contribution is 0.601. The van der Waals surface area contributed by atoms with Crippen molar-refractivity contribution < 1.29 is 8.42 Å². The molecule has 0 atom stereocenters. The van der Waals surface area contributed by atoms with Crippen LogP contribution in [0.4, 0.5) is 11.4 Å². The smallest absolute Gasteiger partial charge is 0.264 e. The Hall–Kier alpha value is -2.01. The first-order valence-electron chi connectivity index (χ1n) is 6.68. The molecule has 0 bridgehead atoms. The lowest BCUT2D eigenvalue weighted by Crippen LogP contribution is -2.17. The van der Waals surface area contributed by atoms with E-state index in [1.54, 1.807) is 26.0 Å². The first-order chi connectivity index (χ1) is 9.72. The third-order valence-corrected chi connectivity index (χ3v) is 5.22. The number of aryl methyl sites for hydroxylation is 4. The zero-order valence-electron chi connectivity index (χ0n) is 12.7. The van der Waals surface area contributed by atoms with Gasteiger partial charge in [-0.2, -0.15) is 0 Å². The Morgan fingerprint density at radius 1 is 0.857 bits per heavy atom. The quantitative estimate of drug-likeness (QED) is 0.855. The van der Waals surface area contributed by atoms with Crippen molar-refractivity contribution in [1.82, 2.24) is 0 Å². The Bertz CT molecular complexity index is 796. The van der Waals surface area contributed by atoms with E-state index in [1.807, 2.05) is 32.0 Å². The molecule has 0 amide bonds. The fourth-order valence-corrected chi connectivity index (χ4v) is 3.66. The van der Waals surface area contributed by atoms with E-state index < -0.39 is 10.0 Å². The number of nitrogens with two attached hydrogens (primary N) is 1. The van der Waals surface area contributed by atoms with Crippen molar-refractivity contribution in [3.05, 3.63) is 52.6 Å². The minimum absolute atomic E-state index is 0.153. The third kappa shape index (κ3) is 3.03. The number of rotatable bonds is 3. The summed E-state index contributed by atoms with van der Waals surface area (Å²) in [5.74, 6) is 0. The van der Waals surface area contributed by atoms with Gasteiger partial charge in [-0.15, -0.1) is 0 Å². The molecule has 0 heterocycles. The molecule has 0 saturated heterocycles. The molecule has 0 aliphatic heterocycles. The van der Waals surface area contributed by atoms with E-state index in [-0.39, 0.29) is 4.90 Å². The van der Waals surface area contributed by atoms with Gasteiger partial charge in [0.1, 0.15) is 4.90 Å². The van der Waals surface area contributed by atoms with Crippen LogP contribution in [0, 0.1) is 27.7 Å². The summed E-state index contributed by atoms with van der Waals surface area (Å²) in [7, 11) is -3.70. The average molecular weight is 304 g/mol. The van der Waals surface area contributed by atoms with Gasteiger partial charge in [-0.3, -0.25) is 4.72 Å². The summed E-state index contributed by atoms with van der Waals surface area (Å²) in [5.41, 5.74) is 10.3. The predicted octanol–water partition coefficient (Wildman–Crippen LogP) is 3.30. The van der Waals surface area contributed by atoms with Crippen LogP contribution >= 0.6 is 0 Å². The van der Waals surface area contributed by atoms with Gasteiger partial charge in [0, 0.05) is 5.69 Å². The van der Waals surface area contributed by atoms with Gasteiger partial charge in [-0.1, -0.05) is 18.2 Å². The highest BCUT2D eigenvalue weighted by Gasteiger charge is 2.21. The molecule has 3 N–H and O–H groups in total. The molecule has 21 heavy (non-hydrogen) atoms. The van der Waals surface area contributed by atoms with Gasteiger partial charge in [0.2, 0.25) is 0 Å². The summed E-state index contributed by atoms with van der Waals surface area (Å²) in [4.78, 5) is 0.153. The van der Waals surface area contributed by atoms with Gasteiger partial charge in [0.05, 0.1) is 5.69 Å². The van der Waals surface area contributed by atoms with Gasteiger partial charge in [0.25, 0.3) is 10.0 Å². The SMILES string of the molecule is Cc1ccc(NS(=O)(=O)c2c(C)ccc(C)c2N)cc1C. The van der Waals surface area contributed by atoms with Crippen LogP contribution in [0.15, 0.2) is 35.2 Å². The summed E-state index contributed by atoms with van der Waals surface area (Å²) >= 11 is 0. The average Bonchev–Trinajstić information content (AvgIpc) is 2.38. The van der Waals surface area contributed by atoms with Crippen molar-refractivity contribution in [1.29, 1.82) is 0 Å². The monoisotopic (exact) mass is 304 g/mol. The number of nitrogens with one attached hydrogen (secondary N) is 1. The normalized spacial score (nSPS) is 11.4. The van der Waals surface area contributed by atoms with Crippen molar-refractivity contribution in [2.75, 3.05) is 10.5 Å². The lowest BCUT2D eigenvalue weighted by Gasteiger charge is -2.15. The molecule has 0 aliphatic rings. The van der Waals surface area contributed by atoms with Crippen LogP contribution in [0.25, 0.3) is 0 Å². The molecule has 2 rings (SSSR count). The number of sulfonamides is 1. The van der Waals surface area contributed by atoms with Crippen LogP contribution in [-0.2, 0) is 10.0 Å². The molecule has 0 aliphatic carbocycles. The second-order valence-corrected chi connectivity index (χ2v) is 6.97. The standard InChI is InChI=1S/C16H20N2O2S/c1-10-7-8-14(9-13(10)4)18-21(19,20)16-12(3)6-5-11(2)15(16)17/h5-9,18H,17H2,1-4H3. The number of nitrogen functional groups attached to an aromatic ring is 1. The van der Waals surface area contributed by atoms with Crippen molar-refractivity contribution in [3.63, 3.8) is 0 Å². The Balaban J connectivity index is 2.48. The summed E-state index contributed by atoms with van der Waals surface area (Å²) in [5, 5.41) is 0. The van der Waals surface area contributed by atoms with Crippen molar-refractivity contribution >= 4 is 21.4 Å². The van der Waals surface area contributed by atoms with Crippen LogP contribution in [-0.4, -0.2) is 8.42 Å². The Kier molecular flexibility index (Phi) is 3.96. The summed E-state index contributed by atoms with van der Waals surface area (Å²) in [6.07, 6.45) is 0. The molecule has 0 fully saturated rings. The van der Waals surface area contributed by atoms with Crippen molar-refractivity contribution in [2.45, 2.75) is 32.6 Å². The molecule has 0 spiro atoms. The van der Waals surface area contributed by atoms with Crippen LogP contribution in [0.3, 0.4) is 0 Å². The molecule has 0 radical (unpaired) electrons. The topological polar surface area (TPSA) is 72.2 Å². The fourth-order valence-electron chi connectivity index (χ4n) is 2.17. The van der Waals surface area contributed by atoms with Gasteiger partial charge >= 0.3 is 0 Å². The predicted molar refractivity (Wildman–Crippen MR) is 87.1 cm³/mol. The van der Waals surface area contributed by atoms with Gasteiger partial charge < -0.3 is 5.73 Å². The van der Waals surface area contributed by atoms with Gasteiger partial charge in [-0.25, -0.2) is 8.42 Å². The van der Waals surface area contributed by atoms with E-state index in [4.69, 9.17) is 5.73 Å². The summed E-state index contributed by atoms with van der Waals surface area (Å²) in [6.45, 7) is 7.46. The number of hydrogen-bond acceptors (Lipinski definition) is 3. The molecular weight excluding hydrogens is 284 g/mol. The van der Waals surface area contributed by atoms with E-state index in [0.717, 1.165) is 16.7 Å². The minimum atomic E-state index is -3.70. The van der Waals surface area contributed by atoms with Crippen LogP contribution in [0.1, 0.15) is 22.3 Å². The molecule has 4 nitrogen and oxygen atoms in total. The summed E-state index contributed by atoms with van der Waals surface area (Å²) in [6, 6.07) is 9.04. The number of hydrogen-bond donors (Lipinski definition) is 2. The van der Waals surface area contributed by atoms with Gasteiger partial charge in [-0.05, 0) is 62.1 Å². The highest BCUT2D eigenvalue weighted by Crippen LogP contribution is 2.28. The molecule has 5 heteroatoms. The van der Waals surface area contributed by atoms with Crippen LogP contribution < -0.4 is 10.5 Å². The molecule has 0 aromatic heterocycles. The molecule has 2 aromatic rings. The number of benzene rings is 2. The highest BCUT2D eigenvalue weighted by molar-refractivity contribution is 7.93. The van der Waals surface area contributed by atoms with Crippen molar-refractivity contribution in [3.8, 4) is 0 Å². The first-order valence-corrected chi connectivity index (χ1v) is 8.16. The molecular formula is C16H20N2O2S. The number of anilines is 2. The van der Waals surface area contributed by atoms with Crippen LogP contribution in [0.5, 0.6) is 0 Å². The fraction of sp³-hybridized carbons (Fsp3) is 0.250.